The predicted molar refractivity (Wildman–Crippen MR) is 146 cm³/mol. The fraction of sp³-hybridized carbons (Fsp3) is 0.385. The third kappa shape index (κ3) is 5.44. The number of amides is 3. The van der Waals surface area contributed by atoms with Crippen LogP contribution < -0.4 is 16.1 Å². The maximum absolute atomic E-state index is 13.6. The number of benzene rings is 1. The lowest BCUT2D eigenvalue weighted by atomic mass is 10.1. The number of nitrogens with zero attached hydrogens (tertiary/aromatic N) is 3. The van der Waals surface area contributed by atoms with E-state index < -0.39 is 6.03 Å². The topological polar surface area (TPSA) is 141 Å². The first-order chi connectivity index (χ1) is 19.1. The molecule has 2 fully saturated rings. The average molecular weight is 552 g/mol. The molecule has 6 rings (SSSR count). The van der Waals surface area contributed by atoms with E-state index in [9.17, 15) is 14.4 Å². The first-order valence-electron chi connectivity index (χ1n) is 12.9. The van der Waals surface area contributed by atoms with Crippen molar-refractivity contribution in [3.05, 3.63) is 41.5 Å². The van der Waals surface area contributed by atoms with E-state index in [0.29, 0.717) is 91.2 Å². The van der Waals surface area contributed by atoms with Crippen molar-refractivity contribution in [2.45, 2.75) is 6.42 Å². The van der Waals surface area contributed by atoms with E-state index in [1.54, 1.807) is 17.1 Å². The number of anilines is 2. The first kappa shape index (κ1) is 25.6. The molecule has 0 bridgehead atoms. The summed E-state index contributed by atoms with van der Waals surface area (Å²) in [5, 5.41) is 15.7. The number of aromatic nitrogens is 2. The zero-order chi connectivity index (χ0) is 26.8. The van der Waals surface area contributed by atoms with Crippen LogP contribution in [0.3, 0.4) is 0 Å². The van der Waals surface area contributed by atoms with Gasteiger partial charge in [0.1, 0.15) is 5.69 Å². The Hall–Kier alpha value is -3.62. The molecule has 2 aromatic heterocycles. The molecule has 39 heavy (non-hydrogen) atoms. The molecule has 13 heteroatoms. The van der Waals surface area contributed by atoms with Crippen LogP contribution in [0.2, 0.25) is 0 Å². The SMILES string of the molecule is O=C(CCN1CCOCC1)Nc1ccc(-c2[nH]nc3c2C(=O)c2c(NC(=O)NN4CCOCC4)cccc2-3)s1. The van der Waals surface area contributed by atoms with Gasteiger partial charge in [-0.15, -0.1) is 11.3 Å². The Labute approximate surface area is 228 Å². The lowest BCUT2D eigenvalue weighted by Crippen LogP contribution is -2.49. The van der Waals surface area contributed by atoms with Crippen molar-refractivity contribution in [2.75, 3.05) is 69.8 Å². The van der Waals surface area contributed by atoms with Gasteiger partial charge in [0.05, 0.1) is 58.8 Å². The van der Waals surface area contributed by atoms with Crippen LogP contribution in [0.25, 0.3) is 21.8 Å². The number of thiophene rings is 1. The van der Waals surface area contributed by atoms with E-state index in [1.165, 1.54) is 11.3 Å². The number of H-pyrrole nitrogens is 1. The molecular weight excluding hydrogens is 522 g/mol. The van der Waals surface area contributed by atoms with Gasteiger partial charge in [0, 0.05) is 44.7 Å². The van der Waals surface area contributed by atoms with Crippen molar-refractivity contribution in [3.63, 3.8) is 0 Å². The van der Waals surface area contributed by atoms with Crippen LogP contribution in [0, 0.1) is 0 Å². The fourth-order valence-electron chi connectivity index (χ4n) is 4.95. The minimum Gasteiger partial charge on any atom is -0.379 e. The molecule has 0 radical (unpaired) electrons. The Morgan fingerprint density at radius 1 is 0.974 bits per heavy atom. The minimum absolute atomic E-state index is 0.0562. The second-order valence-corrected chi connectivity index (χ2v) is 10.5. The maximum atomic E-state index is 13.6. The zero-order valence-electron chi connectivity index (χ0n) is 21.2. The second kappa shape index (κ2) is 11.2. The number of hydrogen-bond donors (Lipinski definition) is 4. The van der Waals surface area contributed by atoms with Crippen LogP contribution in [0.15, 0.2) is 30.3 Å². The smallest absolute Gasteiger partial charge is 0.333 e. The minimum atomic E-state index is -0.420. The summed E-state index contributed by atoms with van der Waals surface area (Å²) in [6.07, 6.45) is 0.398. The number of fused-ring (bicyclic) bond motifs is 3. The van der Waals surface area contributed by atoms with Crippen molar-refractivity contribution in [3.8, 4) is 21.8 Å². The summed E-state index contributed by atoms with van der Waals surface area (Å²) >= 11 is 1.38. The van der Waals surface area contributed by atoms with Gasteiger partial charge in [0.2, 0.25) is 5.91 Å². The number of hydrazine groups is 1. The largest absolute Gasteiger partial charge is 0.379 e. The number of nitrogens with one attached hydrogen (secondary N) is 4. The maximum Gasteiger partial charge on any atom is 0.333 e. The summed E-state index contributed by atoms with van der Waals surface area (Å²) < 4.78 is 10.7. The predicted octanol–water partition coefficient (Wildman–Crippen LogP) is 2.38. The summed E-state index contributed by atoms with van der Waals surface area (Å²) in [6, 6.07) is 8.59. The van der Waals surface area contributed by atoms with Gasteiger partial charge in [-0.2, -0.15) is 5.10 Å². The number of aromatic amines is 1. The third-order valence-electron chi connectivity index (χ3n) is 6.93. The van der Waals surface area contributed by atoms with Crippen molar-refractivity contribution in [2.24, 2.45) is 0 Å². The lowest BCUT2D eigenvalue weighted by molar-refractivity contribution is -0.116. The Bertz CT molecular complexity index is 1390. The Kier molecular flexibility index (Phi) is 7.39. The van der Waals surface area contributed by atoms with Gasteiger partial charge < -0.3 is 20.1 Å². The third-order valence-corrected chi connectivity index (χ3v) is 7.95. The number of urea groups is 1. The highest BCUT2D eigenvalue weighted by molar-refractivity contribution is 7.19. The fourth-order valence-corrected chi connectivity index (χ4v) is 5.88. The second-order valence-electron chi connectivity index (χ2n) is 9.46. The molecule has 0 unspecified atom stereocenters. The van der Waals surface area contributed by atoms with E-state index in [-0.39, 0.29) is 11.7 Å². The van der Waals surface area contributed by atoms with Crippen molar-refractivity contribution < 1.29 is 23.9 Å². The number of rotatable bonds is 7. The monoisotopic (exact) mass is 551 g/mol. The van der Waals surface area contributed by atoms with Gasteiger partial charge in [0.25, 0.3) is 0 Å². The molecule has 3 aliphatic rings. The Morgan fingerprint density at radius 2 is 1.74 bits per heavy atom. The van der Waals surface area contributed by atoms with Crippen LogP contribution >= 0.6 is 11.3 Å². The molecular formula is C26H29N7O5S. The van der Waals surface area contributed by atoms with Gasteiger partial charge in [-0.25, -0.2) is 9.80 Å². The van der Waals surface area contributed by atoms with Gasteiger partial charge >= 0.3 is 6.03 Å². The molecule has 204 valence electrons. The first-order valence-corrected chi connectivity index (χ1v) is 13.8. The normalized spacial score (nSPS) is 17.5. The van der Waals surface area contributed by atoms with Gasteiger partial charge in [-0.3, -0.25) is 25.0 Å². The highest BCUT2D eigenvalue weighted by atomic mass is 32.1. The van der Waals surface area contributed by atoms with Crippen LogP contribution in [0.4, 0.5) is 15.5 Å². The van der Waals surface area contributed by atoms with Gasteiger partial charge in [-0.05, 0) is 18.2 Å². The zero-order valence-corrected chi connectivity index (χ0v) is 22.1. The molecule has 12 nitrogen and oxygen atoms in total. The standard InChI is InChI=1S/C26H29N7O5S/c34-19(6-7-32-8-12-37-13-9-32)28-20-5-4-18(39-20)24-22-23(29-30-24)16-2-1-3-17(21(16)25(22)35)27-26(36)31-33-10-14-38-15-11-33/h1-5H,6-15H2,(H,28,34)(H,29,30)(H2,27,31,36). The molecule has 3 amide bonds. The summed E-state index contributed by atoms with van der Waals surface area (Å²) in [4.78, 5) is 41.8. The molecule has 1 aliphatic carbocycles. The number of carbonyl (C=O) groups is 3. The molecule has 0 saturated carbocycles. The molecule has 1 aromatic carbocycles. The molecule has 2 saturated heterocycles. The van der Waals surface area contributed by atoms with Gasteiger partial charge in [-0.1, -0.05) is 12.1 Å². The Balaban J connectivity index is 1.14. The highest BCUT2D eigenvalue weighted by Gasteiger charge is 2.35. The number of hydrogen-bond acceptors (Lipinski definition) is 9. The van der Waals surface area contributed by atoms with Gasteiger partial charge in [0.15, 0.2) is 5.78 Å². The number of carbonyl (C=O) groups excluding carboxylic acids is 3. The van der Waals surface area contributed by atoms with E-state index in [0.717, 1.165) is 18.0 Å². The van der Waals surface area contributed by atoms with E-state index in [2.05, 4.69) is 31.2 Å². The molecule has 2 aliphatic heterocycles. The molecule has 4 heterocycles. The summed E-state index contributed by atoms with van der Waals surface area (Å²) in [5.74, 6) is -0.269. The molecule has 0 atom stereocenters. The highest BCUT2D eigenvalue weighted by Crippen LogP contribution is 2.44. The van der Waals surface area contributed by atoms with E-state index >= 15 is 0 Å². The van der Waals surface area contributed by atoms with Crippen LogP contribution in [-0.4, -0.2) is 97.0 Å². The summed E-state index contributed by atoms with van der Waals surface area (Å²) in [7, 11) is 0. The Morgan fingerprint density at radius 3 is 2.54 bits per heavy atom. The van der Waals surface area contributed by atoms with Crippen LogP contribution in [0.1, 0.15) is 22.3 Å². The van der Waals surface area contributed by atoms with E-state index in [1.807, 2.05) is 18.2 Å². The average Bonchev–Trinajstić information content (AvgIpc) is 3.66. The molecule has 3 aromatic rings. The number of ketones is 1. The molecule has 4 N–H and O–H groups in total. The molecule has 0 spiro atoms. The van der Waals surface area contributed by atoms with Crippen molar-refractivity contribution in [1.29, 1.82) is 0 Å². The lowest BCUT2D eigenvalue weighted by Gasteiger charge is -2.27. The quantitative estimate of drug-likeness (QED) is 0.274. The van der Waals surface area contributed by atoms with Crippen molar-refractivity contribution in [1.82, 2.24) is 25.5 Å². The van der Waals surface area contributed by atoms with E-state index in [4.69, 9.17) is 9.47 Å². The number of ether oxygens (including phenoxy) is 2. The summed E-state index contributed by atoms with van der Waals surface area (Å²) in [5.41, 5.74) is 5.90. The van der Waals surface area contributed by atoms with Crippen molar-refractivity contribution >= 4 is 39.7 Å². The van der Waals surface area contributed by atoms with Crippen LogP contribution in [-0.2, 0) is 14.3 Å². The number of morpholine rings is 2. The van der Waals surface area contributed by atoms with Crippen LogP contribution in [0.5, 0.6) is 0 Å². The summed E-state index contributed by atoms with van der Waals surface area (Å²) in [6.45, 7) is 6.05.